The Morgan fingerprint density at radius 2 is 1.65 bits per heavy atom. The van der Waals surface area contributed by atoms with Gasteiger partial charge < -0.3 is 15.5 Å². The molecule has 1 aliphatic heterocycles. The van der Waals surface area contributed by atoms with Crippen molar-refractivity contribution in [3.05, 3.63) is 35.9 Å². The second-order valence-electron chi connectivity index (χ2n) is 5.92. The van der Waals surface area contributed by atoms with Crippen molar-refractivity contribution < 1.29 is 0 Å². The van der Waals surface area contributed by atoms with Gasteiger partial charge in [0.15, 0.2) is 5.96 Å². The zero-order valence-electron chi connectivity index (χ0n) is 14.3. The van der Waals surface area contributed by atoms with Gasteiger partial charge in [-0.25, -0.2) is 0 Å². The molecule has 1 heterocycles. The lowest BCUT2D eigenvalue weighted by molar-refractivity contribution is 0.289. The highest BCUT2D eigenvalue weighted by atomic mass is 127. The van der Waals surface area contributed by atoms with Gasteiger partial charge >= 0.3 is 0 Å². The van der Waals surface area contributed by atoms with Crippen molar-refractivity contribution in [2.75, 3.05) is 39.8 Å². The number of halogens is 1. The minimum atomic E-state index is 0. The summed E-state index contributed by atoms with van der Waals surface area (Å²) < 4.78 is 0. The van der Waals surface area contributed by atoms with Crippen molar-refractivity contribution in [2.45, 2.75) is 32.1 Å². The Morgan fingerprint density at radius 1 is 1.00 bits per heavy atom. The highest BCUT2D eigenvalue weighted by molar-refractivity contribution is 14.0. The fraction of sp³-hybridized carbons (Fsp3) is 0.611. The molecule has 4 nitrogen and oxygen atoms in total. The Hall–Kier alpha value is -0.820. The molecule has 5 heteroatoms. The van der Waals surface area contributed by atoms with Crippen molar-refractivity contribution in [1.29, 1.82) is 0 Å². The molecule has 1 aromatic carbocycles. The second kappa shape index (κ2) is 12.6. The molecule has 0 saturated carbocycles. The molecule has 2 N–H and O–H groups in total. The van der Waals surface area contributed by atoms with Gasteiger partial charge in [-0.05, 0) is 37.9 Å². The first-order valence-corrected chi connectivity index (χ1v) is 8.59. The maximum Gasteiger partial charge on any atom is 0.191 e. The van der Waals surface area contributed by atoms with Gasteiger partial charge in [0.05, 0.1) is 0 Å². The van der Waals surface area contributed by atoms with Gasteiger partial charge in [0.25, 0.3) is 0 Å². The Labute approximate surface area is 158 Å². The molecule has 1 saturated heterocycles. The van der Waals surface area contributed by atoms with Crippen LogP contribution in [0.2, 0.25) is 0 Å². The second-order valence-corrected chi connectivity index (χ2v) is 5.92. The smallest absolute Gasteiger partial charge is 0.191 e. The molecule has 130 valence electrons. The third-order valence-electron chi connectivity index (χ3n) is 4.19. The van der Waals surface area contributed by atoms with E-state index in [-0.39, 0.29) is 24.0 Å². The summed E-state index contributed by atoms with van der Waals surface area (Å²) in [5, 5.41) is 6.81. The molecule has 0 atom stereocenters. The minimum Gasteiger partial charge on any atom is -0.356 e. The van der Waals surface area contributed by atoms with E-state index >= 15 is 0 Å². The van der Waals surface area contributed by atoms with Crippen LogP contribution in [-0.4, -0.2) is 50.6 Å². The number of likely N-dealkylation sites (tertiary alicyclic amines) is 1. The SMILES string of the molecule is CN=C(NCCc1ccccc1)NCCN1CCCCCC1.I. The number of hydrogen-bond donors (Lipinski definition) is 2. The maximum absolute atomic E-state index is 4.30. The maximum atomic E-state index is 4.30. The molecule has 1 fully saturated rings. The molecule has 23 heavy (non-hydrogen) atoms. The number of aliphatic imine (C=N–C) groups is 1. The predicted molar refractivity (Wildman–Crippen MR) is 110 cm³/mol. The van der Waals surface area contributed by atoms with Crippen LogP contribution in [0, 0.1) is 0 Å². The van der Waals surface area contributed by atoms with E-state index in [1.165, 1.54) is 44.3 Å². The van der Waals surface area contributed by atoms with E-state index in [9.17, 15) is 0 Å². The molecule has 2 rings (SSSR count). The minimum absolute atomic E-state index is 0. The van der Waals surface area contributed by atoms with Crippen LogP contribution < -0.4 is 10.6 Å². The fourth-order valence-corrected chi connectivity index (χ4v) is 2.88. The molecule has 0 aliphatic carbocycles. The number of guanidine groups is 1. The molecule has 0 spiro atoms. The Morgan fingerprint density at radius 3 is 2.30 bits per heavy atom. The summed E-state index contributed by atoms with van der Waals surface area (Å²) in [7, 11) is 1.84. The third kappa shape index (κ3) is 8.55. The van der Waals surface area contributed by atoms with Crippen LogP contribution in [0.5, 0.6) is 0 Å². The Balaban J connectivity index is 0.00000264. The van der Waals surface area contributed by atoms with E-state index in [1.54, 1.807) is 0 Å². The van der Waals surface area contributed by atoms with E-state index in [1.807, 2.05) is 7.05 Å². The average molecular weight is 430 g/mol. The quantitative estimate of drug-likeness (QED) is 0.414. The van der Waals surface area contributed by atoms with Gasteiger partial charge in [-0.15, -0.1) is 24.0 Å². The molecule has 0 unspecified atom stereocenters. The molecule has 0 aromatic heterocycles. The van der Waals surface area contributed by atoms with Crippen LogP contribution in [0.4, 0.5) is 0 Å². The number of nitrogens with one attached hydrogen (secondary N) is 2. The number of rotatable bonds is 6. The fourth-order valence-electron chi connectivity index (χ4n) is 2.88. The van der Waals surface area contributed by atoms with E-state index in [2.05, 4.69) is 50.9 Å². The first-order valence-electron chi connectivity index (χ1n) is 8.59. The topological polar surface area (TPSA) is 39.7 Å². The lowest BCUT2D eigenvalue weighted by Gasteiger charge is -2.20. The van der Waals surface area contributed by atoms with E-state index < -0.39 is 0 Å². The zero-order valence-corrected chi connectivity index (χ0v) is 16.6. The van der Waals surface area contributed by atoms with Gasteiger partial charge in [-0.2, -0.15) is 0 Å². The normalized spacial score (nSPS) is 16.3. The van der Waals surface area contributed by atoms with E-state index in [4.69, 9.17) is 0 Å². The van der Waals surface area contributed by atoms with Gasteiger partial charge in [0.1, 0.15) is 0 Å². The van der Waals surface area contributed by atoms with E-state index in [0.717, 1.165) is 32.0 Å². The highest BCUT2D eigenvalue weighted by Crippen LogP contribution is 2.08. The summed E-state index contributed by atoms with van der Waals surface area (Å²) in [6, 6.07) is 10.6. The predicted octanol–water partition coefficient (Wildman–Crippen LogP) is 2.89. The van der Waals surface area contributed by atoms with Gasteiger partial charge in [-0.3, -0.25) is 4.99 Å². The van der Waals surface area contributed by atoms with Crippen LogP contribution in [0.25, 0.3) is 0 Å². The molecule has 1 aliphatic rings. The lowest BCUT2D eigenvalue weighted by atomic mass is 10.1. The monoisotopic (exact) mass is 430 g/mol. The standard InChI is InChI=1S/C18H30N4.HI/c1-19-18(20-12-11-17-9-5-4-6-10-17)21-13-16-22-14-7-2-3-8-15-22;/h4-6,9-10H,2-3,7-8,11-16H2,1H3,(H2,19,20,21);1H. The van der Waals surface area contributed by atoms with Gasteiger partial charge in [0, 0.05) is 26.7 Å². The van der Waals surface area contributed by atoms with E-state index in [0.29, 0.717) is 0 Å². The zero-order chi connectivity index (χ0) is 15.5. The molecular weight excluding hydrogens is 399 g/mol. The Bertz CT molecular complexity index is 428. The molecule has 0 radical (unpaired) electrons. The summed E-state index contributed by atoms with van der Waals surface area (Å²) in [6.07, 6.45) is 6.51. The van der Waals surface area contributed by atoms with Crippen LogP contribution in [-0.2, 0) is 6.42 Å². The largest absolute Gasteiger partial charge is 0.356 e. The summed E-state index contributed by atoms with van der Waals surface area (Å²) >= 11 is 0. The van der Waals surface area contributed by atoms with Crippen molar-refractivity contribution in [3.8, 4) is 0 Å². The van der Waals surface area contributed by atoms with Crippen molar-refractivity contribution in [3.63, 3.8) is 0 Å². The number of benzene rings is 1. The first-order chi connectivity index (χ1) is 10.9. The summed E-state index contributed by atoms with van der Waals surface area (Å²) in [5.41, 5.74) is 1.36. The lowest BCUT2D eigenvalue weighted by Crippen LogP contribution is -2.42. The van der Waals surface area contributed by atoms with Crippen molar-refractivity contribution in [2.24, 2.45) is 4.99 Å². The molecule has 0 amide bonds. The van der Waals surface area contributed by atoms with Crippen molar-refractivity contribution in [1.82, 2.24) is 15.5 Å². The van der Waals surface area contributed by atoms with Crippen LogP contribution in [0.1, 0.15) is 31.2 Å². The number of nitrogens with zero attached hydrogens (tertiary/aromatic N) is 2. The van der Waals surface area contributed by atoms with Crippen LogP contribution in [0.15, 0.2) is 35.3 Å². The van der Waals surface area contributed by atoms with Crippen LogP contribution in [0.3, 0.4) is 0 Å². The highest BCUT2D eigenvalue weighted by Gasteiger charge is 2.08. The average Bonchev–Trinajstić information content (AvgIpc) is 2.83. The van der Waals surface area contributed by atoms with Gasteiger partial charge in [0.2, 0.25) is 0 Å². The number of hydrogen-bond acceptors (Lipinski definition) is 2. The molecule has 1 aromatic rings. The summed E-state index contributed by atoms with van der Waals surface area (Å²) in [5.74, 6) is 0.908. The van der Waals surface area contributed by atoms with Crippen LogP contribution >= 0.6 is 24.0 Å². The summed E-state index contributed by atoms with van der Waals surface area (Å²) in [6.45, 7) is 5.49. The first kappa shape index (κ1) is 20.2. The molecular formula is C18H31IN4. The molecule has 0 bridgehead atoms. The third-order valence-corrected chi connectivity index (χ3v) is 4.19. The Kier molecular flexibility index (Phi) is 11.1. The van der Waals surface area contributed by atoms with Gasteiger partial charge in [-0.1, -0.05) is 43.2 Å². The van der Waals surface area contributed by atoms with Crippen molar-refractivity contribution >= 4 is 29.9 Å². The summed E-state index contributed by atoms with van der Waals surface area (Å²) in [4.78, 5) is 6.86.